The Kier molecular flexibility index (Phi) is 16.2. The number of primary amides is 1. The van der Waals surface area contributed by atoms with Crippen molar-refractivity contribution in [3.05, 3.63) is 25.3 Å². The summed E-state index contributed by atoms with van der Waals surface area (Å²) in [5, 5.41) is 10.4. The molecule has 3 fully saturated rings. The minimum Gasteiger partial charge on any atom is -0.382 e. The Morgan fingerprint density at radius 3 is 2.12 bits per heavy atom. The van der Waals surface area contributed by atoms with Crippen LogP contribution in [0.1, 0.15) is 52.0 Å². The van der Waals surface area contributed by atoms with E-state index in [1.54, 1.807) is 13.8 Å². The number of hydrogen-bond acceptors (Lipinski definition) is 20. The summed E-state index contributed by atoms with van der Waals surface area (Å²) in [6.45, 7) is -6.61. The first-order chi connectivity index (χ1) is 32.2. The molecule has 5 amide bonds. The molecule has 2 unspecified atom stereocenters. The smallest absolute Gasteiger partial charge is 0.382 e. The van der Waals surface area contributed by atoms with Gasteiger partial charge in [0.1, 0.15) is 48.6 Å². The van der Waals surface area contributed by atoms with Crippen molar-refractivity contribution < 1.29 is 65.0 Å². The number of nitrogens with two attached hydrogens (primary N) is 3. The van der Waals surface area contributed by atoms with Gasteiger partial charge in [-0.2, -0.15) is 0 Å². The molecular weight excluding hydrogens is 987 g/mol. The minimum absolute atomic E-state index is 0.0130. The fraction of sp³-hybridized carbons (Fsp3) is 0.600. The van der Waals surface area contributed by atoms with Crippen molar-refractivity contribution in [3.8, 4) is 0 Å². The first-order valence-corrected chi connectivity index (χ1v) is 26.2. The molecule has 0 radical (unpaired) electrons. The molecule has 68 heavy (non-hydrogen) atoms. The molecule has 0 saturated carbocycles. The lowest BCUT2D eigenvalue weighted by Crippen LogP contribution is -2.53. The number of fused-ring (bicyclic) bond motifs is 4. The number of amides is 5. The molecule has 3 aliphatic heterocycles. The van der Waals surface area contributed by atoms with Crippen LogP contribution < -0.4 is 38.5 Å². The fourth-order valence-electron chi connectivity index (χ4n) is 7.38. The number of carbonyl (C=O) groups excluding carboxylic acids is 4. The van der Waals surface area contributed by atoms with Gasteiger partial charge in [0.2, 0.25) is 17.7 Å². The Balaban J connectivity index is 0.978. The summed E-state index contributed by atoms with van der Waals surface area (Å²) >= 11 is 9.27. The second kappa shape index (κ2) is 21.6. The Labute approximate surface area is 395 Å². The Hall–Kier alpha value is -4.65. The standard InChI is InChI=1S/C35H49F2N15O12P2S2/c1-15(2)22(38)32(55)49-16(5-3-8-42-35(40)56)31(54)41-7-4-6-19(53)50-28-24-30(46-12-44-28)52(14-48-24)34-21(37)26-18(62-34)10-60-65(57,67)63-25-17(9-59-66(58,68)64-26)61-33(20(25)36)51-13-47-23-27(39)43-11-45-29(23)51/h11-18,20-22,25-26,33-34H,3-10,38H2,1-2H3,(H,41,54)(H,49,55)(H,57,67)(H,58,68)(H2,39,43,45)(H3,40,42,56)(H,44,46,50,53)/t16-,17+,18+,20+,21+,22-,25+,26+,33+,34+,65?,66?/m0/s1. The van der Waals surface area contributed by atoms with Gasteiger partial charge in [-0.3, -0.25) is 37.1 Å². The molecule has 33 heteroatoms. The summed E-state index contributed by atoms with van der Waals surface area (Å²) in [7, 11) is 0. The summed E-state index contributed by atoms with van der Waals surface area (Å²) in [6.07, 6.45) is -8.50. The molecule has 0 bridgehead atoms. The van der Waals surface area contributed by atoms with Crippen LogP contribution in [0.4, 0.5) is 25.2 Å². The number of urea groups is 1. The van der Waals surface area contributed by atoms with Crippen molar-refractivity contribution in [3.63, 3.8) is 0 Å². The zero-order valence-corrected chi connectivity index (χ0v) is 39.6. The first kappa shape index (κ1) is 51.2. The monoisotopic (exact) mass is 1040 g/mol. The quantitative estimate of drug-likeness (QED) is 0.0446. The maximum atomic E-state index is 16.6. The molecule has 3 aliphatic rings. The largest absolute Gasteiger partial charge is 0.386 e. The van der Waals surface area contributed by atoms with Crippen LogP contribution in [0.5, 0.6) is 0 Å². The number of ether oxygens (including phenoxy) is 2. The molecule has 0 aliphatic carbocycles. The molecule has 7 heterocycles. The van der Waals surface area contributed by atoms with Gasteiger partial charge in [0, 0.05) is 19.5 Å². The SMILES string of the molecule is CC(C)[C@H](N)C(=O)N[C@@H](CCCNC(N)=O)C(=O)NCCCC(=O)Nc1ncnc2c1ncn2[C@@H]1O[C@@H]2COP(=O)(S)O[C@H]3[C@@H](F)[C@H](n4cnc5c(N)ncnc54)O[C@@H]3COP(O)(=S)O[C@H]2[C@H]1F. The van der Waals surface area contributed by atoms with Gasteiger partial charge in [0.15, 0.2) is 53.2 Å². The lowest BCUT2D eigenvalue weighted by atomic mass is 10.0. The minimum atomic E-state index is -4.51. The number of alkyl halides is 2. The van der Waals surface area contributed by atoms with E-state index in [2.05, 4.69) is 63.4 Å². The van der Waals surface area contributed by atoms with Gasteiger partial charge >= 0.3 is 19.5 Å². The van der Waals surface area contributed by atoms with Crippen molar-refractivity contribution in [2.45, 2.75) is 101 Å². The maximum absolute atomic E-state index is 16.6. The number of aromatic nitrogens is 8. The van der Waals surface area contributed by atoms with Gasteiger partial charge in [-0.15, -0.1) is 0 Å². The molecule has 7 rings (SSSR count). The van der Waals surface area contributed by atoms with Gasteiger partial charge in [-0.25, -0.2) is 48.0 Å². The van der Waals surface area contributed by atoms with Crippen LogP contribution in [0.15, 0.2) is 25.3 Å². The van der Waals surface area contributed by atoms with E-state index in [0.29, 0.717) is 6.42 Å². The number of nitrogen functional groups attached to an aromatic ring is 1. The van der Waals surface area contributed by atoms with Crippen LogP contribution in [-0.4, -0.2) is 143 Å². The van der Waals surface area contributed by atoms with E-state index in [0.717, 1.165) is 23.5 Å². The third-order valence-corrected chi connectivity index (χ3v) is 14.1. The van der Waals surface area contributed by atoms with E-state index in [4.69, 9.17) is 56.6 Å². The summed E-state index contributed by atoms with van der Waals surface area (Å²) < 4.78 is 82.9. The molecule has 11 N–H and O–H groups in total. The Bertz CT molecular complexity index is 2600. The number of carbonyl (C=O) groups is 4. The molecular formula is C35H49F2N15O12P2S2. The highest BCUT2D eigenvalue weighted by Crippen LogP contribution is 2.58. The zero-order valence-electron chi connectivity index (χ0n) is 36.1. The van der Waals surface area contributed by atoms with E-state index < -0.39 is 112 Å². The molecule has 4 aromatic rings. The highest BCUT2D eigenvalue weighted by atomic mass is 32.7. The number of thiol groups is 1. The third-order valence-electron chi connectivity index (χ3n) is 10.9. The molecule has 3 saturated heterocycles. The normalized spacial score (nSPS) is 29.6. The molecule has 0 aromatic carbocycles. The average molecular weight is 1040 g/mol. The topological polar surface area (TPSA) is 374 Å². The van der Waals surface area contributed by atoms with E-state index in [1.165, 1.54) is 10.9 Å². The highest BCUT2D eigenvalue weighted by molar-refractivity contribution is 8.44. The van der Waals surface area contributed by atoms with Crippen LogP contribution in [-0.2, 0) is 58.3 Å². The number of imidazole rings is 2. The predicted molar refractivity (Wildman–Crippen MR) is 240 cm³/mol. The van der Waals surface area contributed by atoms with Crippen LogP contribution in [0.25, 0.3) is 22.3 Å². The third kappa shape index (κ3) is 11.8. The Morgan fingerprint density at radius 1 is 0.882 bits per heavy atom. The number of hydrogen-bond donors (Lipinski definition) is 9. The highest BCUT2D eigenvalue weighted by Gasteiger charge is 2.54. The summed E-state index contributed by atoms with van der Waals surface area (Å²) in [5.41, 5.74) is 17.2. The summed E-state index contributed by atoms with van der Waals surface area (Å²) in [4.78, 5) is 85.6. The lowest BCUT2D eigenvalue weighted by Gasteiger charge is -2.29. The average Bonchev–Trinajstić information content (AvgIpc) is 4.05. The van der Waals surface area contributed by atoms with Gasteiger partial charge in [-0.1, -0.05) is 26.1 Å². The van der Waals surface area contributed by atoms with E-state index in [-0.39, 0.29) is 72.2 Å². The molecule has 0 spiro atoms. The summed E-state index contributed by atoms with van der Waals surface area (Å²) in [5.74, 6) is -1.81. The van der Waals surface area contributed by atoms with Crippen LogP contribution in [0.3, 0.4) is 0 Å². The fourth-order valence-corrected chi connectivity index (χ4v) is 10.3. The number of anilines is 2. The number of halogens is 2. The van der Waals surface area contributed by atoms with Crippen LogP contribution >= 0.6 is 25.8 Å². The molecule has 372 valence electrons. The molecule has 4 aromatic heterocycles. The first-order valence-electron chi connectivity index (χ1n) is 20.9. The van der Waals surface area contributed by atoms with E-state index >= 15 is 8.78 Å². The van der Waals surface area contributed by atoms with E-state index in [1.807, 2.05) is 0 Å². The number of rotatable bonds is 15. The second-order valence-electron chi connectivity index (χ2n) is 16.0. The van der Waals surface area contributed by atoms with Gasteiger partial charge in [0.25, 0.3) is 0 Å². The molecule has 27 nitrogen and oxygen atoms in total. The van der Waals surface area contributed by atoms with Gasteiger partial charge in [-0.05, 0) is 37.0 Å². The maximum Gasteiger partial charge on any atom is 0.386 e. The van der Waals surface area contributed by atoms with Crippen LogP contribution in [0.2, 0.25) is 0 Å². The van der Waals surface area contributed by atoms with Gasteiger partial charge in [0.05, 0.1) is 31.9 Å². The van der Waals surface area contributed by atoms with Crippen LogP contribution in [0, 0.1) is 5.92 Å². The zero-order chi connectivity index (χ0) is 49.1. The van der Waals surface area contributed by atoms with Crippen molar-refractivity contribution in [1.29, 1.82) is 0 Å². The Morgan fingerprint density at radius 2 is 1.47 bits per heavy atom. The number of nitrogens with one attached hydrogen (secondary N) is 4. The van der Waals surface area contributed by atoms with Crippen molar-refractivity contribution in [1.82, 2.24) is 55.0 Å². The predicted octanol–water partition coefficient (Wildman–Crippen LogP) is 0.543. The summed E-state index contributed by atoms with van der Waals surface area (Å²) in [6, 6.07) is -2.58. The van der Waals surface area contributed by atoms with E-state index in [9.17, 15) is 28.6 Å². The molecule has 12 atom stereocenters. The van der Waals surface area contributed by atoms with Crippen molar-refractivity contribution >= 4 is 95.3 Å². The number of nitrogens with zero attached hydrogens (tertiary/aromatic N) is 8. The van der Waals surface area contributed by atoms with Crippen molar-refractivity contribution in [2.24, 2.45) is 17.4 Å². The van der Waals surface area contributed by atoms with Crippen molar-refractivity contribution in [2.75, 3.05) is 37.4 Å². The van der Waals surface area contributed by atoms with Gasteiger partial charge < -0.3 is 57.4 Å². The lowest BCUT2D eigenvalue weighted by molar-refractivity contribution is -0.130. The second-order valence-corrected chi connectivity index (χ2v) is 21.7.